The highest BCUT2D eigenvalue weighted by molar-refractivity contribution is 8.19. The van der Waals surface area contributed by atoms with Crippen molar-refractivity contribution in [3.63, 3.8) is 0 Å². The molecule has 0 bridgehead atoms. The minimum atomic E-state index is -0.250. The Morgan fingerprint density at radius 2 is 1.95 bits per heavy atom. The first-order chi connectivity index (χ1) is 18.4. The standard InChI is InChI=1S/C27H27N5O4S2/c1-5-28-18-13-12-17(29-22(33)16-35-4)15-20(18)31(3)27-32(23-11-8-14-36-23)25(34)24(38-27)26-30(2)19-9-6-7-10-21(19)37-26/h6-15,28H,5,16H2,1-4H3/p+1. The lowest BCUT2D eigenvalue weighted by molar-refractivity contribution is -0.401. The van der Waals surface area contributed by atoms with Crippen molar-refractivity contribution >= 4 is 69.1 Å². The van der Waals surface area contributed by atoms with Crippen LogP contribution in [-0.2, 0) is 14.3 Å². The van der Waals surface area contributed by atoms with E-state index in [0.717, 1.165) is 27.0 Å². The highest BCUT2D eigenvalue weighted by atomic mass is 32.2. The number of hydrogen-bond donors (Lipinski definition) is 2. The van der Waals surface area contributed by atoms with E-state index in [2.05, 4.69) is 21.6 Å². The van der Waals surface area contributed by atoms with Crippen LogP contribution in [-0.4, -0.2) is 55.9 Å². The topological polar surface area (TPSA) is 90.1 Å². The minimum Gasteiger partial charge on any atom is -0.431 e. The van der Waals surface area contributed by atoms with Gasteiger partial charge < -0.3 is 24.7 Å². The molecule has 1 saturated heterocycles. The van der Waals surface area contributed by atoms with Crippen molar-refractivity contribution in [3.8, 4) is 0 Å². The molecule has 0 spiro atoms. The summed E-state index contributed by atoms with van der Waals surface area (Å²) < 4.78 is 12.6. The predicted octanol–water partition coefficient (Wildman–Crippen LogP) is 5.12. The summed E-state index contributed by atoms with van der Waals surface area (Å²) >= 11 is 2.98. The fourth-order valence-corrected chi connectivity index (χ4v) is 6.69. The Morgan fingerprint density at radius 1 is 1.13 bits per heavy atom. The Bertz CT molecular complexity index is 1450. The number of carbonyl (C=O) groups is 2. The molecular formula is C27H28N5O4S2+. The van der Waals surface area contributed by atoms with E-state index in [1.54, 1.807) is 35.1 Å². The fraction of sp³-hybridized carbons (Fsp3) is 0.222. The number of hydrogen-bond acceptors (Lipinski definition) is 8. The zero-order chi connectivity index (χ0) is 26.8. The molecule has 2 aliphatic heterocycles. The molecule has 2 aromatic carbocycles. The monoisotopic (exact) mass is 550 g/mol. The molecule has 0 unspecified atom stereocenters. The lowest BCUT2D eigenvalue weighted by Crippen LogP contribution is -2.33. The van der Waals surface area contributed by atoms with E-state index in [9.17, 15) is 9.59 Å². The Morgan fingerprint density at radius 3 is 2.66 bits per heavy atom. The highest BCUT2D eigenvalue weighted by Crippen LogP contribution is 2.50. The van der Waals surface area contributed by atoms with Crippen molar-refractivity contribution in [1.82, 2.24) is 0 Å². The van der Waals surface area contributed by atoms with E-state index in [0.29, 0.717) is 28.2 Å². The van der Waals surface area contributed by atoms with E-state index < -0.39 is 0 Å². The molecule has 2 N–H and O–H groups in total. The molecule has 11 heteroatoms. The molecule has 5 rings (SSSR count). The van der Waals surface area contributed by atoms with E-state index in [1.807, 2.05) is 62.0 Å². The maximum Gasteiger partial charge on any atom is 0.359 e. The summed E-state index contributed by atoms with van der Waals surface area (Å²) in [6.07, 6.45) is 1.55. The van der Waals surface area contributed by atoms with Gasteiger partial charge in [0.05, 0.1) is 24.7 Å². The molecule has 1 aromatic heterocycles. The van der Waals surface area contributed by atoms with Gasteiger partial charge in [0.2, 0.25) is 5.91 Å². The number of carbonyl (C=O) groups excluding carboxylic acids is 2. The zero-order valence-electron chi connectivity index (χ0n) is 21.5. The summed E-state index contributed by atoms with van der Waals surface area (Å²) in [7, 11) is 5.35. The number of thioether (sulfide) groups is 2. The van der Waals surface area contributed by atoms with Crippen LogP contribution in [0.1, 0.15) is 6.92 Å². The van der Waals surface area contributed by atoms with Gasteiger partial charge in [0.25, 0.3) is 5.88 Å². The van der Waals surface area contributed by atoms with Crippen LogP contribution in [0.3, 0.4) is 0 Å². The first-order valence-corrected chi connectivity index (χ1v) is 13.6. The van der Waals surface area contributed by atoms with Gasteiger partial charge in [0.15, 0.2) is 5.69 Å². The Labute approximate surface area is 229 Å². The summed E-state index contributed by atoms with van der Waals surface area (Å²) in [5, 5.41) is 7.77. The van der Waals surface area contributed by atoms with Crippen LogP contribution >= 0.6 is 23.5 Å². The van der Waals surface area contributed by atoms with Crippen LogP contribution in [0.15, 0.2) is 80.1 Å². The maximum absolute atomic E-state index is 13.9. The van der Waals surface area contributed by atoms with Crippen molar-refractivity contribution in [2.24, 2.45) is 0 Å². The number of amidine groups is 1. The van der Waals surface area contributed by atoms with Crippen molar-refractivity contribution < 1.29 is 23.3 Å². The predicted molar refractivity (Wildman–Crippen MR) is 153 cm³/mol. The Hall–Kier alpha value is -3.67. The van der Waals surface area contributed by atoms with Crippen LogP contribution in [0.5, 0.6) is 0 Å². The Balaban J connectivity index is 1.62. The number of anilines is 4. The van der Waals surface area contributed by atoms with Crippen molar-refractivity contribution in [1.29, 1.82) is 0 Å². The molecule has 0 radical (unpaired) electrons. The van der Waals surface area contributed by atoms with Gasteiger partial charge in [0, 0.05) is 55.2 Å². The number of nitrogens with zero attached hydrogens (tertiary/aromatic N) is 3. The molecule has 3 aromatic rings. The average molecular weight is 551 g/mol. The lowest BCUT2D eigenvalue weighted by atomic mass is 10.2. The largest absolute Gasteiger partial charge is 0.431 e. The average Bonchev–Trinajstić information content (AvgIpc) is 3.63. The number of para-hydroxylation sites is 1. The summed E-state index contributed by atoms with van der Waals surface area (Å²) in [5.41, 5.74) is 3.33. The molecule has 196 valence electrons. The van der Waals surface area contributed by atoms with Gasteiger partial charge in [-0.2, -0.15) is 0 Å². The molecule has 0 atom stereocenters. The maximum atomic E-state index is 13.9. The number of furan rings is 1. The second-order valence-corrected chi connectivity index (χ2v) is 10.6. The minimum absolute atomic E-state index is 0.0430. The highest BCUT2D eigenvalue weighted by Gasteiger charge is 2.49. The number of benzene rings is 2. The zero-order valence-corrected chi connectivity index (χ0v) is 23.1. The third-order valence-electron chi connectivity index (χ3n) is 6.01. The third-order valence-corrected chi connectivity index (χ3v) is 8.59. The first-order valence-electron chi connectivity index (χ1n) is 12.0. The molecular weight excluding hydrogens is 522 g/mol. The number of fused-ring (bicyclic) bond motifs is 1. The molecule has 3 heterocycles. The van der Waals surface area contributed by atoms with E-state index in [-0.39, 0.29) is 18.4 Å². The van der Waals surface area contributed by atoms with Crippen molar-refractivity contribution in [2.75, 3.05) is 54.8 Å². The van der Waals surface area contributed by atoms with Crippen LogP contribution in [0.4, 0.5) is 28.6 Å². The smallest absolute Gasteiger partial charge is 0.359 e. The van der Waals surface area contributed by atoms with Gasteiger partial charge in [-0.1, -0.05) is 23.9 Å². The molecule has 0 saturated carbocycles. The first kappa shape index (κ1) is 26.0. The molecule has 2 aliphatic rings. The van der Waals surface area contributed by atoms with Crippen LogP contribution in [0.2, 0.25) is 0 Å². The summed E-state index contributed by atoms with van der Waals surface area (Å²) in [6.45, 7) is 2.68. The third kappa shape index (κ3) is 4.80. The van der Waals surface area contributed by atoms with Gasteiger partial charge in [-0.3, -0.25) is 4.79 Å². The lowest BCUT2D eigenvalue weighted by Gasteiger charge is -2.14. The summed E-state index contributed by atoms with van der Waals surface area (Å²) in [6, 6.07) is 17.3. The quantitative estimate of drug-likeness (QED) is 0.310. The molecule has 38 heavy (non-hydrogen) atoms. The van der Waals surface area contributed by atoms with Crippen LogP contribution in [0.25, 0.3) is 0 Å². The van der Waals surface area contributed by atoms with Crippen LogP contribution in [0, 0.1) is 0 Å². The van der Waals surface area contributed by atoms with E-state index in [4.69, 9.17) is 9.15 Å². The Kier molecular flexibility index (Phi) is 7.50. The van der Waals surface area contributed by atoms with Gasteiger partial charge in [-0.15, -0.1) is 4.90 Å². The number of methoxy groups -OCH3 is 1. The van der Waals surface area contributed by atoms with Crippen molar-refractivity contribution in [2.45, 2.75) is 11.8 Å². The number of ether oxygens (including phenoxy) is 1. The molecule has 9 nitrogen and oxygen atoms in total. The second-order valence-electron chi connectivity index (χ2n) is 8.54. The van der Waals surface area contributed by atoms with Gasteiger partial charge in [-0.05, 0) is 37.3 Å². The van der Waals surface area contributed by atoms with Crippen molar-refractivity contribution in [3.05, 3.63) is 70.8 Å². The number of rotatable bonds is 7. The van der Waals surface area contributed by atoms with E-state index >= 15 is 0 Å². The fourth-order valence-electron chi connectivity index (χ4n) is 4.27. The van der Waals surface area contributed by atoms with E-state index in [1.165, 1.54) is 18.9 Å². The van der Waals surface area contributed by atoms with Crippen LogP contribution < -0.4 is 20.4 Å². The normalized spacial score (nSPS) is 18.2. The SMILES string of the molecule is CCNc1ccc(NC(=O)COC)cc1[N+](C)=C1SC(=C2Sc3ccccc3N2C)C(=O)N1c1ccco1. The molecule has 0 aliphatic carbocycles. The van der Waals surface area contributed by atoms with Gasteiger partial charge >= 0.3 is 11.1 Å². The number of nitrogens with one attached hydrogen (secondary N) is 2. The molecule has 2 amide bonds. The second kappa shape index (κ2) is 11.0. The summed E-state index contributed by atoms with van der Waals surface area (Å²) in [5.74, 6) is 0.0154. The number of amides is 2. The van der Waals surface area contributed by atoms with Gasteiger partial charge in [-0.25, -0.2) is 9.37 Å². The molecule has 1 fully saturated rings. The summed E-state index contributed by atoms with van der Waals surface area (Å²) in [4.78, 5) is 31.5. The van der Waals surface area contributed by atoms with Gasteiger partial charge in [0.1, 0.15) is 16.5 Å².